The van der Waals surface area contributed by atoms with Crippen molar-refractivity contribution in [2.75, 3.05) is 26.4 Å². The zero-order valence-electron chi connectivity index (χ0n) is 29.1. The summed E-state index contributed by atoms with van der Waals surface area (Å²) < 4.78 is 25.9. The third-order valence-corrected chi connectivity index (χ3v) is 11.0. The van der Waals surface area contributed by atoms with E-state index in [4.69, 9.17) is 9.47 Å². The van der Waals surface area contributed by atoms with Gasteiger partial charge in [-0.25, -0.2) is 9.18 Å². The molecule has 2 aromatic carbocycles. The lowest BCUT2D eigenvalue weighted by atomic mass is 9.67. The van der Waals surface area contributed by atoms with Gasteiger partial charge in [0.1, 0.15) is 5.82 Å². The second-order valence-electron chi connectivity index (χ2n) is 14.2. The number of hydrogen-bond acceptors (Lipinski definition) is 6. The van der Waals surface area contributed by atoms with Crippen LogP contribution in [0.25, 0.3) is 11.1 Å². The molecule has 0 aliphatic heterocycles. The van der Waals surface area contributed by atoms with Crippen LogP contribution in [0.5, 0.6) is 0 Å². The zero-order chi connectivity index (χ0) is 34.6. The van der Waals surface area contributed by atoms with Gasteiger partial charge in [0.15, 0.2) is 6.29 Å². The normalized spacial score (nSPS) is 22.5. The summed E-state index contributed by atoms with van der Waals surface area (Å²) in [6, 6.07) is 12.5. The Morgan fingerprint density at radius 3 is 2.21 bits per heavy atom. The molecule has 6 nitrogen and oxygen atoms in total. The topological polar surface area (TPSA) is 96.2 Å². The quantitative estimate of drug-likeness (QED) is 0.0519. The van der Waals surface area contributed by atoms with Crippen LogP contribution in [0.15, 0.2) is 60.7 Å². The van der Waals surface area contributed by atoms with Crippen LogP contribution in [-0.2, 0) is 20.7 Å². The van der Waals surface area contributed by atoms with Gasteiger partial charge in [0.05, 0.1) is 32.0 Å². The standard InChI is InChI=1S/C41H57FO6/c1-5-6-7-8-34-17-18-36(22-39(34)42)38-20-19-35(21-27(38)2)32-13-9-30(10-14-32)31-11-15-33(16-12-31)37(25-47-40(45)28(3)23-43)26-48-41(46)29(4)24-44/h17-22,30-33,37,40,43-45H,3-16,23-26H2,1-2H3. The number of aliphatic hydroxyl groups excluding tert-OH is 3. The number of benzene rings is 2. The predicted octanol–water partition coefficient (Wildman–Crippen LogP) is 8.21. The molecular formula is C41H57FO6. The van der Waals surface area contributed by atoms with Crippen molar-refractivity contribution in [3.8, 4) is 11.1 Å². The van der Waals surface area contributed by atoms with E-state index < -0.39 is 18.9 Å². The molecule has 2 aliphatic rings. The van der Waals surface area contributed by atoms with Gasteiger partial charge in [-0.15, -0.1) is 0 Å². The molecule has 0 amide bonds. The number of ether oxygens (including phenoxy) is 2. The number of esters is 1. The first-order chi connectivity index (χ1) is 23.1. The third-order valence-electron chi connectivity index (χ3n) is 11.0. The summed E-state index contributed by atoms with van der Waals surface area (Å²) >= 11 is 0. The predicted molar refractivity (Wildman–Crippen MR) is 189 cm³/mol. The van der Waals surface area contributed by atoms with Gasteiger partial charge < -0.3 is 24.8 Å². The van der Waals surface area contributed by atoms with Crippen molar-refractivity contribution < 1.29 is 34.0 Å². The molecule has 2 aromatic rings. The smallest absolute Gasteiger partial charge is 0.335 e. The number of aliphatic hydroxyl groups is 3. The van der Waals surface area contributed by atoms with Crippen molar-refractivity contribution >= 4 is 5.97 Å². The van der Waals surface area contributed by atoms with Crippen molar-refractivity contribution in [1.29, 1.82) is 0 Å². The van der Waals surface area contributed by atoms with Crippen LogP contribution in [0.2, 0.25) is 0 Å². The zero-order valence-corrected chi connectivity index (χ0v) is 29.1. The van der Waals surface area contributed by atoms with Crippen LogP contribution in [0.3, 0.4) is 0 Å². The molecule has 7 heteroatoms. The Morgan fingerprint density at radius 1 is 0.917 bits per heavy atom. The molecule has 2 unspecified atom stereocenters. The highest BCUT2D eigenvalue weighted by molar-refractivity contribution is 5.87. The van der Waals surface area contributed by atoms with Gasteiger partial charge in [-0.05, 0) is 129 Å². The Morgan fingerprint density at radius 2 is 1.60 bits per heavy atom. The van der Waals surface area contributed by atoms with Crippen molar-refractivity contribution in [1.82, 2.24) is 0 Å². The average Bonchev–Trinajstić information content (AvgIpc) is 3.11. The van der Waals surface area contributed by atoms with E-state index in [0.717, 1.165) is 68.1 Å². The molecule has 0 heterocycles. The molecule has 0 aromatic heterocycles. The van der Waals surface area contributed by atoms with Crippen LogP contribution in [0.1, 0.15) is 100 Å². The first-order valence-electron chi connectivity index (χ1n) is 18.1. The van der Waals surface area contributed by atoms with Gasteiger partial charge in [0, 0.05) is 11.5 Å². The third kappa shape index (κ3) is 10.3. The molecule has 0 radical (unpaired) electrons. The first kappa shape index (κ1) is 38.0. The van der Waals surface area contributed by atoms with Crippen molar-refractivity contribution in [3.63, 3.8) is 0 Å². The Balaban J connectivity index is 1.29. The van der Waals surface area contributed by atoms with Crippen LogP contribution in [0, 0.1) is 36.4 Å². The molecule has 3 N–H and O–H groups in total. The van der Waals surface area contributed by atoms with Crippen LogP contribution >= 0.6 is 0 Å². The van der Waals surface area contributed by atoms with E-state index in [1.54, 1.807) is 6.07 Å². The summed E-state index contributed by atoms with van der Waals surface area (Å²) in [6.45, 7) is 11.0. The summed E-state index contributed by atoms with van der Waals surface area (Å²) in [4.78, 5) is 12.2. The summed E-state index contributed by atoms with van der Waals surface area (Å²) in [5.41, 5.74) is 5.64. The largest absolute Gasteiger partial charge is 0.462 e. The fraction of sp³-hybridized carbons (Fsp3) is 0.585. The molecule has 0 saturated heterocycles. The molecule has 264 valence electrons. The minimum absolute atomic E-state index is 0.00644. The fourth-order valence-corrected chi connectivity index (χ4v) is 7.84. The fourth-order valence-electron chi connectivity index (χ4n) is 7.84. The molecule has 0 bridgehead atoms. The number of unbranched alkanes of at least 4 members (excludes halogenated alkanes) is 2. The number of carbonyl (C=O) groups is 1. The highest BCUT2D eigenvalue weighted by atomic mass is 19.1. The van der Waals surface area contributed by atoms with Crippen molar-refractivity contribution in [3.05, 3.63) is 83.2 Å². The highest BCUT2D eigenvalue weighted by Gasteiger charge is 2.34. The molecule has 2 saturated carbocycles. The molecule has 48 heavy (non-hydrogen) atoms. The monoisotopic (exact) mass is 664 g/mol. The molecule has 2 aliphatic carbocycles. The van der Waals surface area contributed by atoms with Gasteiger partial charge in [-0.1, -0.05) is 63.3 Å². The Labute approximate surface area is 287 Å². The van der Waals surface area contributed by atoms with E-state index in [1.807, 2.05) is 6.07 Å². The average molecular weight is 665 g/mol. The lowest BCUT2D eigenvalue weighted by Gasteiger charge is -2.40. The molecule has 2 atom stereocenters. The summed E-state index contributed by atoms with van der Waals surface area (Å²) in [5, 5.41) is 28.7. The molecular weight excluding hydrogens is 607 g/mol. The van der Waals surface area contributed by atoms with E-state index in [1.165, 1.54) is 36.8 Å². The SMILES string of the molecule is C=C(CO)C(=O)OCC(COC(O)C(=C)CO)C1CCC(C2CCC(c3ccc(-c4ccc(CCCCC)c(F)c4)c(C)c3)CC2)CC1. The second kappa shape index (κ2) is 18.8. The Kier molecular flexibility index (Phi) is 14.9. The van der Waals surface area contributed by atoms with Crippen LogP contribution in [-0.4, -0.2) is 54.0 Å². The number of carbonyl (C=O) groups excluding carboxylic acids is 1. The number of rotatable bonds is 17. The van der Waals surface area contributed by atoms with Gasteiger partial charge in [-0.3, -0.25) is 0 Å². The van der Waals surface area contributed by atoms with Crippen LogP contribution in [0.4, 0.5) is 4.39 Å². The summed E-state index contributed by atoms with van der Waals surface area (Å²) in [7, 11) is 0. The second-order valence-corrected chi connectivity index (χ2v) is 14.2. The van der Waals surface area contributed by atoms with Gasteiger partial charge >= 0.3 is 5.97 Å². The van der Waals surface area contributed by atoms with Crippen LogP contribution < -0.4 is 0 Å². The number of aryl methyl sites for hydroxylation is 2. The minimum atomic E-state index is -1.28. The molecule has 4 rings (SSSR count). The van der Waals surface area contributed by atoms with E-state index in [-0.39, 0.29) is 48.6 Å². The number of hydrogen-bond donors (Lipinski definition) is 3. The van der Waals surface area contributed by atoms with Crippen molar-refractivity contribution in [2.45, 2.75) is 103 Å². The number of halogens is 1. The van der Waals surface area contributed by atoms with Gasteiger partial charge in [0.2, 0.25) is 0 Å². The highest BCUT2D eigenvalue weighted by Crippen LogP contribution is 2.45. The van der Waals surface area contributed by atoms with E-state index in [0.29, 0.717) is 17.8 Å². The van der Waals surface area contributed by atoms with E-state index >= 15 is 0 Å². The Bertz CT molecular complexity index is 1350. The Hall–Kier alpha value is -2.84. The lowest BCUT2D eigenvalue weighted by molar-refractivity contribution is -0.145. The molecule has 0 spiro atoms. The summed E-state index contributed by atoms with van der Waals surface area (Å²) in [5.74, 6) is 1.35. The lowest BCUT2D eigenvalue weighted by Crippen LogP contribution is -2.33. The van der Waals surface area contributed by atoms with Crippen molar-refractivity contribution in [2.24, 2.45) is 23.7 Å². The first-order valence-corrected chi connectivity index (χ1v) is 18.1. The van der Waals surface area contributed by atoms with Gasteiger partial charge in [-0.2, -0.15) is 0 Å². The molecule has 2 fully saturated rings. The van der Waals surface area contributed by atoms with E-state index in [9.17, 15) is 24.5 Å². The summed E-state index contributed by atoms with van der Waals surface area (Å²) in [6.07, 6.45) is 11.8. The van der Waals surface area contributed by atoms with Gasteiger partial charge in [0.25, 0.3) is 0 Å². The maximum atomic E-state index is 14.9. The minimum Gasteiger partial charge on any atom is -0.462 e. The van der Waals surface area contributed by atoms with E-state index in [2.05, 4.69) is 51.3 Å². The maximum absolute atomic E-state index is 14.9. The maximum Gasteiger partial charge on any atom is 0.335 e.